The van der Waals surface area contributed by atoms with Crippen LogP contribution in [0.5, 0.6) is 0 Å². The average Bonchev–Trinajstić information content (AvgIpc) is 3.29. The number of halogens is 2. The van der Waals surface area contributed by atoms with Crippen LogP contribution in [0.4, 0.5) is 5.69 Å². The molecule has 2 N–H and O–H groups in total. The maximum Gasteiger partial charge on any atom is 0.240 e. The minimum atomic E-state index is -3.75. The van der Waals surface area contributed by atoms with E-state index in [1.165, 1.54) is 29.4 Å². The van der Waals surface area contributed by atoms with Crippen LogP contribution in [0.2, 0.25) is 10.0 Å². The third-order valence-corrected chi connectivity index (χ3v) is 6.67. The van der Waals surface area contributed by atoms with E-state index in [-0.39, 0.29) is 23.8 Å². The number of nitrogens with zero attached hydrogens (tertiary/aromatic N) is 3. The molecule has 0 aliphatic heterocycles. The molecule has 32 heavy (non-hydrogen) atoms. The van der Waals surface area contributed by atoms with E-state index in [1.807, 2.05) is 0 Å². The van der Waals surface area contributed by atoms with Gasteiger partial charge in [0.15, 0.2) is 5.82 Å². The summed E-state index contributed by atoms with van der Waals surface area (Å²) in [5.74, 6) is -1.16. The van der Waals surface area contributed by atoms with E-state index >= 15 is 0 Å². The fraction of sp³-hybridized carbons (Fsp3) is 0.200. The monoisotopic (exact) mass is 495 g/mol. The number of carbonyl (C=O) groups is 2. The molecule has 0 fully saturated rings. The summed E-state index contributed by atoms with van der Waals surface area (Å²) >= 11 is 12.1. The van der Waals surface area contributed by atoms with Crippen molar-refractivity contribution in [2.24, 2.45) is 0 Å². The first-order chi connectivity index (χ1) is 15.2. The van der Waals surface area contributed by atoms with Crippen molar-refractivity contribution in [3.63, 3.8) is 0 Å². The first-order valence-corrected chi connectivity index (χ1v) is 11.7. The van der Waals surface area contributed by atoms with Gasteiger partial charge in [0.25, 0.3) is 0 Å². The maximum atomic E-state index is 13.1. The average molecular weight is 496 g/mol. The Morgan fingerprint density at radius 1 is 1.12 bits per heavy atom. The molecule has 0 unspecified atom stereocenters. The molecular formula is C20H19Cl2N5O4S. The fourth-order valence-corrected chi connectivity index (χ4v) is 4.29. The van der Waals surface area contributed by atoms with E-state index in [0.29, 0.717) is 21.3 Å². The molecule has 0 saturated heterocycles. The number of nitrogens with one attached hydrogen (secondary N) is 2. The van der Waals surface area contributed by atoms with Gasteiger partial charge in [0.2, 0.25) is 21.7 Å². The normalized spacial score (nSPS) is 11.3. The number of sulfonamides is 1. The molecule has 2 aromatic carbocycles. The Morgan fingerprint density at radius 3 is 2.56 bits per heavy atom. The summed E-state index contributed by atoms with van der Waals surface area (Å²) in [6, 6.07) is 10.8. The van der Waals surface area contributed by atoms with Crippen LogP contribution in [-0.2, 0) is 21.4 Å². The van der Waals surface area contributed by atoms with Crippen molar-refractivity contribution in [2.45, 2.75) is 24.8 Å². The van der Waals surface area contributed by atoms with E-state index < -0.39 is 28.1 Å². The molecular weight excluding hydrogens is 477 g/mol. The fourth-order valence-electron chi connectivity index (χ4n) is 2.89. The molecule has 0 saturated carbocycles. The zero-order valence-electron chi connectivity index (χ0n) is 16.9. The van der Waals surface area contributed by atoms with Crippen molar-refractivity contribution < 1.29 is 18.0 Å². The molecule has 168 valence electrons. The molecule has 3 rings (SSSR count). The summed E-state index contributed by atoms with van der Waals surface area (Å²) in [6.45, 7) is 1.91. The summed E-state index contributed by atoms with van der Waals surface area (Å²) in [5, 5.41) is 6.70. The Morgan fingerprint density at radius 2 is 1.91 bits per heavy atom. The van der Waals surface area contributed by atoms with E-state index in [2.05, 4.69) is 19.9 Å². The summed E-state index contributed by atoms with van der Waals surface area (Å²) in [6.07, 6.45) is 0.668. The maximum absolute atomic E-state index is 13.1. The van der Waals surface area contributed by atoms with Gasteiger partial charge in [-0.2, -0.15) is 5.10 Å². The molecule has 12 heteroatoms. The number of hydrogen-bond donors (Lipinski definition) is 2. The molecule has 3 aromatic rings. The molecule has 1 heterocycles. The lowest BCUT2D eigenvalue weighted by atomic mass is 10.1. The highest BCUT2D eigenvalue weighted by molar-refractivity contribution is 7.89. The second kappa shape index (κ2) is 10.2. The zero-order valence-corrected chi connectivity index (χ0v) is 19.2. The number of H-pyrrole nitrogens is 1. The molecule has 1 amide bonds. The first-order valence-electron chi connectivity index (χ1n) is 9.44. The highest BCUT2D eigenvalue weighted by atomic mass is 35.5. The second-order valence-corrected chi connectivity index (χ2v) is 9.24. The quantitative estimate of drug-likeness (QED) is 0.346. The second-order valence-electron chi connectivity index (χ2n) is 6.66. The Kier molecular flexibility index (Phi) is 7.62. The number of aromatic amines is 1. The lowest BCUT2D eigenvalue weighted by Crippen LogP contribution is -2.32. The van der Waals surface area contributed by atoms with Crippen LogP contribution in [0.25, 0.3) is 0 Å². The smallest absolute Gasteiger partial charge is 0.240 e. The van der Waals surface area contributed by atoms with Gasteiger partial charge in [0.05, 0.1) is 27.9 Å². The molecule has 9 nitrogen and oxygen atoms in total. The van der Waals surface area contributed by atoms with Crippen molar-refractivity contribution >= 4 is 50.6 Å². The SMILES string of the molecule is CCNS(=O)(=O)c1cccc(N(Cc2ccc(Cl)c(Cl)c2)C(=O)CC(=O)c2ncn[nH]2)c1. The Bertz CT molecular complexity index is 1230. The van der Waals surface area contributed by atoms with Gasteiger partial charge in [-0.05, 0) is 35.9 Å². The van der Waals surface area contributed by atoms with Crippen molar-refractivity contribution in [2.75, 3.05) is 11.4 Å². The highest BCUT2D eigenvalue weighted by Gasteiger charge is 2.23. The minimum Gasteiger partial charge on any atom is -0.308 e. The number of rotatable bonds is 9. The molecule has 0 bridgehead atoms. The van der Waals surface area contributed by atoms with Gasteiger partial charge in [0, 0.05) is 12.2 Å². The van der Waals surface area contributed by atoms with Crippen LogP contribution in [0, 0.1) is 0 Å². The van der Waals surface area contributed by atoms with Crippen molar-refractivity contribution in [3.8, 4) is 0 Å². The third-order valence-electron chi connectivity index (χ3n) is 4.39. The molecule has 0 spiro atoms. The lowest BCUT2D eigenvalue weighted by molar-refractivity contribution is -0.117. The van der Waals surface area contributed by atoms with Crippen molar-refractivity contribution in [1.82, 2.24) is 19.9 Å². The summed E-state index contributed by atoms with van der Waals surface area (Å²) in [7, 11) is -3.75. The highest BCUT2D eigenvalue weighted by Crippen LogP contribution is 2.26. The predicted octanol–water partition coefficient (Wildman–Crippen LogP) is 3.22. The molecule has 0 aliphatic carbocycles. The van der Waals surface area contributed by atoms with Crippen molar-refractivity contribution in [3.05, 3.63) is 70.2 Å². The van der Waals surface area contributed by atoms with Gasteiger partial charge < -0.3 is 4.90 Å². The Labute approximate surface area is 194 Å². The topological polar surface area (TPSA) is 125 Å². The Balaban J connectivity index is 1.97. The van der Waals surface area contributed by atoms with Gasteiger partial charge in [-0.1, -0.05) is 42.3 Å². The molecule has 1 aromatic heterocycles. The summed E-state index contributed by atoms with van der Waals surface area (Å²) in [5.41, 5.74) is 0.935. The van der Waals surface area contributed by atoms with Crippen LogP contribution < -0.4 is 9.62 Å². The Hall–Kier alpha value is -2.79. The zero-order chi connectivity index (χ0) is 23.3. The number of amides is 1. The number of anilines is 1. The van der Waals surface area contributed by atoms with Crippen LogP contribution in [-0.4, -0.2) is 41.8 Å². The minimum absolute atomic E-state index is 0.00894. The largest absolute Gasteiger partial charge is 0.308 e. The number of carbonyl (C=O) groups excluding carboxylic acids is 2. The lowest BCUT2D eigenvalue weighted by Gasteiger charge is -2.23. The van der Waals surface area contributed by atoms with Crippen LogP contribution in [0.1, 0.15) is 29.5 Å². The van der Waals surface area contributed by atoms with Gasteiger partial charge in [-0.25, -0.2) is 18.1 Å². The molecule has 0 aliphatic rings. The first kappa shape index (κ1) is 23.9. The number of benzene rings is 2. The van der Waals surface area contributed by atoms with E-state index in [0.717, 1.165) is 0 Å². The van der Waals surface area contributed by atoms with Crippen molar-refractivity contribution in [1.29, 1.82) is 0 Å². The predicted molar refractivity (Wildman–Crippen MR) is 120 cm³/mol. The van der Waals surface area contributed by atoms with Crippen LogP contribution in [0.15, 0.2) is 53.7 Å². The number of hydrogen-bond acceptors (Lipinski definition) is 6. The third kappa shape index (κ3) is 5.71. The van der Waals surface area contributed by atoms with Gasteiger partial charge in [-0.3, -0.25) is 14.7 Å². The number of ketones is 1. The van der Waals surface area contributed by atoms with Gasteiger partial charge in [0.1, 0.15) is 6.33 Å². The van der Waals surface area contributed by atoms with Gasteiger partial charge in [-0.15, -0.1) is 0 Å². The van der Waals surface area contributed by atoms with E-state index in [9.17, 15) is 18.0 Å². The molecule has 0 atom stereocenters. The van der Waals surface area contributed by atoms with E-state index in [4.69, 9.17) is 23.2 Å². The number of aromatic nitrogens is 3. The van der Waals surface area contributed by atoms with Crippen LogP contribution in [0.3, 0.4) is 0 Å². The van der Waals surface area contributed by atoms with Gasteiger partial charge >= 0.3 is 0 Å². The summed E-state index contributed by atoms with van der Waals surface area (Å²) in [4.78, 5) is 30.6. The summed E-state index contributed by atoms with van der Waals surface area (Å²) < 4.78 is 27.3. The van der Waals surface area contributed by atoms with Crippen LogP contribution >= 0.6 is 23.2 Å². The van der Waals surface area contributed by atoms with E-state index in [1.54, 1.807) is 31.2 Å². The number of Topliss-reactive ketones (excluding diaryl/α,β-unsaturated/α-hetero) is 1. The standard InChI is InChI=1S/C20H19Cl2N5O4S/c1-2-25-32(30,31)15-5-3-4-14(9-15)27(11-13-6-7-16(21)17(22)8-13)19(29)10-18(28)20-23-12-24-26-20/h3-9,12,25H,2,10-11H2,1H3,(H,23,24,26). The molecule has 0 radical (unpaired) electrons.